The SMILES string of the molecule is Cc1cc(C(=O)c2c(F)cc(F)cc2F)ccc1F. The van der Waals surface area contributed by atoms with Crippen molar-refractivity contribution in [3.63, 3.8) is 0 Å². The van der Waals surface area contributed by atoms with Gasteiger partial charge < -0.3 is 0 Å². The molecule has 2 aromatic rings. The molecule has 0 aliphatic carbocycles. The van der Waals surface area contributed by atoms with Crippen LogP contribution in [0.3, 0.4) is 0 Å². The maximum Gasteiger partial charge on any atom is 0.198 e. The largest absolute Gasteiger partial charge is 0.288 e. The second-order valence-corrected chi connectivity index (χ2v) is 4.04. The number of rotatable bonds is 2. The first kappa shape index (κ1) is 13.3. The topological polar surface area (TPSA) is 17.1 Å². The van der Waals surface area contributed by atoms with E-state index in [-0.39, 0.29) is 11.1 Å². The van der Waals surface area contributed by atoms with Gasteiger partial charge in [-0.05, 0) is 30.7 Å². The van der Waals surface area contributed by atoms with Gasteiger partial charge in [0, 0.05) is 17.7 Å². The summed E-state index contributed by atoms with van der Waals surface area (Å²) in [6.07, 6.45) is 0. The molecule has 0 saturated heterocycles. The number of halogens is 4. The second kappa shape index (κ2) is 4.84. The third-order valence-corrected chi connectivity index (χ3v) is 2.65. The van der Waals surface area contributed by atoms with E-state index in [1.165, 1.54) is 13.0 Å². The smallest absolute Gasteiger partial charge is 0.198 e. The van der Waals surface area contributed by atoms with Crippen LogP contribution in [0.2, 0.25) is 0 Å². The Morgan fingerprint density at radius 1 is 0.895 bits per heavy atom. The van der Waals surface area contributed by atoms with Crippen molar-refractivity contribution in [2.24, 2.45) is 0 Å². The van der Waals surface area contributed by atoms with Crippen molar-refractivity contribution in [3.8, 4) is 0 Å². The predicted molar refractivity (Wildman–Crippen MR) is 60.9 cm³/mol. The highest BCUT2D eigenvalue weighted by atomic mass is 19.1. The van der Waals surface area contributed by atoms with Crippen molar-refractivity contribution in [3.05, 3.63) is 70.3 Å². The molecule has 0 aliphatic rings. The molecule has 2 aromatic carbocycles. The fraction of sp³-hybridized carbons (Fsp3) is 0.0714. The van der Waals surface area contributed by atoms with E-state index < -0.39 is 34.6 Å². The van der Waals surface area contributed by atoms with Gasteiger partial charge in [-0.25, -0.2) is 17.6 Å². The molecule has 0 aromatic heterocycles. The van der Waals surface area contributed by atoms with Crippen molar-refractivity contribution in [2.45, 2.75) is 6.92 Å². The molecule has 0 saturated carbocycles. The van der Waals surface area contributed by atoms with Gasteiger partial charge in [-0.1, -0.05) is 0 Å². The number of aryl methyl sites for hydroxylation is 1. The summed E-state index contributed by atoms with van der Waals surface area (Å²) in [7, 11) is 0. The maximum absolute atomic E-state index is 13.5. The molecule has 0 N–H and O–H groups in total. The number of benzene rings is 2. The third-order valence-electron chi connectivity index (χ3n) is 2.65. The lowest BCUT2D eigenvalue weighted by Crippen LogP contribution is -2.08. The van der Waals surface area contributed by atoms with Crippen LogP contribution < -0.4 is 0 Å². The quantitative estimate of drug-likeness (QED) is 0.598. The molecule has 0 heterocycles. The molecular formula is C14H8F4O. The minimum Gasteiger partial charge on any atom is -0.288 e. The van der Waals surface area contributed by atoms with Crippen LogP contribution in [-0.2, 0) is 0 Å². The summed E-state index contributed by atoms with van der Waals surface area (Å²) in [5.41, 5.74) is -0.746. The van der Waals surface area contributed by atoms with Gasteiger partial charge in [0.15, 0.2) is 5.78 Å². The number of ketones is 1. The monoisotopic (exact) mass is 268 g/mol. The summed E-state index contributed by atoms with van der Waals surface area (Å²) >= 11 is 0. The standard InChI is InChI=1S/C14H8F4O/c1-7-4-8(2-3-10(7)16)14(19)13-11(17)5-9(15)6-12(13)18/h2-6H,1H3. The zero-order chi connectivity index (χ0) is 14.2. The molecule has 0 aliphatic heterocycles. The molecule has 2 rings (SSSR count). The van der Waals surface area contributed by atoms with Gasteiger partial charge >= 0.3 is 0 Å². The van der Waals surface area contributed by atoms with Crippen LogP contribution >= 0.6 is 0 Å². The van der Waals surface area contributed by atoms with Crippen LogP contribution in [0.15, 0.2) is 30.3 Å². The average Bonchev–Trinajstić information content (AvgIpc) is 2.31. The van der Waals surface area contributed by atoms with Crippen molar-refractivity contribution >= 4 is 5.78 Å². The first-order chi connectivity index (χ1) is 8.90. The van der Waals surface area contributed by atoms with Gasteiger partial charge in [0.05, 0.1) is 5.56 Å². The van der Waals surface area contributed by atoms with E-state index >= 15 is 0 Å². The van der Waals surface area contributed by atoms with E-state index in [2.05, 4.69) is 0 Å². The first-order valence-electron chi connectivity index (χ1n) is 5.35. The Kier molecular flexibility index (Phi) is 3.38. The number of hydrogen-bond acceptors (Lipinski definition) is 1. The van der Waals surface area contributed by atoms with Gasteiger partial charge in [0.2, 0.25) is 0 Å². The molecule has 0 spiro atoms. The van der Waals surface area contributed by atoms with Gasteiger partial charge in [-0.15, -0.1) is 0 Å². The van der Waals surface area contributed by atoms with Crippen LogP contribution in [0.1, 0.15) is 21.5 Å². The van der Waals surface area contributed by atoms with Gasteiger partial charge in [-0.2, -0.15) is 0 Å². The van der Waals surface area contributed by atoms with Crippen molar-refractivity contribution < 1.29 is 22.4 Å². The van der Waals surface area contributed by atoms with Crippen LogP contribution in [-0.4, -0.2) is 5.78 Å². The van der Waals surface area contributed by atoms with E-state index in [1.807, 2.05) is 0 Å². The van der Waals surface area contributed by atoms with E-state index in [4.69, 9.17) is 0 Å². The number of carbonyl (C=O) groups is 1. The maximum atomic E-state index is 13.5. The van der Waals surface area contributed by atoms with Crippen molar-refractivity contribution in [1.82, 2.24) is 0 Å². The first-order valence-corrected chi connectivity index (χ1v) is 5.35. The summed E-state index contributed by atoms with van der Waals surface area (Å²) < 4.78 is 52.7. The molecule has 98 valence electrons. The van der Waals surface area contributed by atoms with Crippen LogP contribution in [0, 0.1) is 30.2 Å². The Hall–Kier alpha value is -2.17. The van der Waals surface area contributed by atoms with E-state index in [1.54, 1.807) is 0 Å². The lowest BCUT2D eigenvalue weighted by molar-refractivity contribution is 0.103. The molecule has 1 nitrogen and oxygen atoms in total. The van der Waals surface area contributed by atoms with Gasteiger partial charge in [-0.3, -0.25) is 4.79 Å². The number of hydrogen-bond donors (Lipinski definition) is 0. The predicted octanol–water partition coefficient (Wildman–Crippen LogP) is 3.78. The molecule has 0 atom stereocenters. The van der Waals surface area contributed by atoms with Crippen molar-refractivity contribution in [1.29, 1.82) is 0 Å². The second-order valence-electron chi connectivity index (χ2n) is 4.04. The van der Waals surface area contributed by atoms with Gasteiger partial charge in [0.1, 0.15) is 23.3 Å². The summed E-state index contributed by atoms with van der Waals surface area (Å²) in [6.45, 7) is 1.42. The van der Waals surface area contributed by atoms with Crippen LogP contribution in [0.4, 0.5) is 17.6 Å². The summed E-state index contributed by atoms with van der Waals surface area (Å²) in [6, 6.07) is 4.17. The highest BCUT2D eigenvalue weighted by Gasteiger charge is 2.20. The summed E-state index contributed by atoms with van der Waals surface area (Å²) in [5, 5.41) is 0. The molecule has 0 fully saturated rings. The number of carbonyl (C=O) groups excluding carboxylic acids is 1. The minimum absolute atomic E-state index is 0.0664. The zero-order valence-electron chi connectivity index (χ0n) is 9.81. The zero-order valence-corrected chi connectivity index (χ0v) is 9.81. The molecule has 0 bridgehead atoms. The Morgan fingerprint density at radius 3 is 2.00 bits per heavy atom. The molecule has 0 unspecified atom stereocenters. The molecule has 0 amide bonds. The lowest BCUT2D eigenvalue weighted by atomic mass is 10.0. The fourth-order valence-electron chi connectivity index (χ4n) is 1.69. The summed E-state index contributed by atoms with van der Waals surface area (Å²) in [4.78, 5) is 11.9. The minimum atomic E-state index is -1.29. The Bertz CT molecular complexity index is 641. The van der Waals surface area contributed by atoms with Crippen LogP contribution in [0.25, 0.3) is 0 Å². The highest BCUT2D eigenvalue weighted by Crippen LogP contribution is 2.20. The fourth-order valence-corrected chi connectivity index (χ4v) is 1.69. The molecule has 19 heavy (non-hydrogen) atoms. The van der Waals surface area contributed by atoms with Crippen LogP contribution in [0.5, 0.6) is 0 Å². The third kappa shape index (κ3) is 2.50. The summed E-state index contributed by atoms with van der Waals surface area (Å²) in [5.74, 6) is -5.18. The van der Waals surface area contributed by atoms with E-state index in [0.717, 1.165) is 12.1 Å². The van der Waals surface area contributed by atoms with E-state index in [9.17, 15) is 22.4 Å². The lowest BCUT2D eigenvalue weighted by Gasteiger charge is -2.06. The average molecular weight is 268 g/mol. The Balaban J connectivity index is 2.53. The normalized spacial score (nSPS) is 10.6. The van der Waals surface area contributed by atoms with Crippen molar-refractivity contribution in [2.75, 3.05) is 0 Å². The molecular weight excluding hydrogens is 260 g/mol. The van der Waals surface area contributed by atoms with E-state index in [0.29, 0.717) is 12.1 Å². The van der Waals surface area contributed by atoms with Gasteiger partial charge in [0.25, 0.3) is 0 Å². The Labute approximate surface area is 106 Å². The molecule has 0 radical (unpaired) electrons. The highest BCUT2D eigenvalue weighted by molar-refractivity contribution is 6.09. The Morgan fingerprint density at radius 2 is 1.47 bits per heavy atom. The molecule has 5 heteroatoms.